The van der Waals surface area contributed by atoms with Crippen LogP contribution in [0.15, 0.2) is 82.6 Å². The molecule has 9 nitrogen and oxygen atoms in total. The van der Waals surface area contributed by atoms with Gasteiger partial charge >= 0.3 is 0 Å². The maximum atomic E-state index is 12.8. The fourth-order valence-electron chi connectivity index (χ4n) is 3.91. The molecule has 0 aliphatic carbocycles. The number of nitrogens with one attached hydrogen (secondary N) is 1. The molecule has 37 heavy (non-hydrogen) atoms. The Morgan fingerprint density at radius 2 is 1.70 bits per heavy atom. The van der Waals surface area contributed by atoms with Crippen molar-refractivity contribution in [3.05, 3.63) is 83.5 Å². The summed E-state index contributed by atoms with van der Waals surface area (Å²) in [5, 5.41) is 11.6. The Morgan fingerprint density at radius 1 is 0.946 bits per heavy atom. The van der Waals surface area contributed by atoms with E-state index in [1.54, 1.807) is 30.5 Å². The number of anilines is 2. The first kappa shape index (κ1) is 24.8. The average molecular weight is 535 g/mol. The third kappa shape index (κ3) is 6.10. The molecule has 0 atom stereocenters. The van der Waals surface area contributed by atoms with E-state index in [0.717, 1.165) is 17.4 Å². The van der Waals surface area contributed by atoms with Crippen molar-refractivity contribution in [3.63, 3.8) is 0 Å². The molecule has 5 rings (SSSR count). The number of halogens is 1. The number of piperazine rings is 1. The second-order valence-electron chi connectivity index (χ2n) is 8.23. The molecule has 0 unspecified atom stereocenters. The van der Waals surface area contributed by atoms with Gasteiger partial charge in [-0.3, -0.25) is 14.6 Å². The molecule has 1 fully saturated rings. The lowest BCUT2D eigenvalue weighted by atomic mass is 10.1. The van der Waals surface area contributed by atoms with Crippen LogP contribution in [0.3, 0.4) is 0 Å². The molecule has 1 aliphatic rings. The van der Waals surface area contributed by atoms with Gasteiger partial charge in [0, 0.05) is 43.8 Å². The minimum absolute atomic E-state index is 0.0466. The molecule has 188 valence electrons. The smallest absolute Gasteiger partial charge is 0.277 e. The van der Waals surface area contributed by atoms with Gasteiger partial charge in [-0.1, -0.05) is 41.6 Å². The Bertz CT molecular complexity index is 1370. The van der Waals surface area contributed by atoms with E-state index >= 15 is 0 Å². The van der Waals surface area contributed by atoms with E-state index in [4.69, 9.17) is 16.0 Å². The van der Waals surface area contributed by atoms with Gasteiger partial charge in [0.15, 0.2) is 0 Å². The van der Waals surface area contributed by atoms with Crippen molar-refractivity contribution in [1.82, 2.24) is 20.1 Å². The fourth-order valence-corrected chi connectivity index (χ4v) is 4.69. The van der Waals surface area contributed by atoms with Gasteiger partial charge in [0.05, 0.1) is 16.3 Å². The molecule has 2 amide bonds. The van der Waals surface area contributed by atoms with E-state index in [0.29, 0.717) is 59.3 Å². The maximum Gasteiger partial charge on any atom is 0.277 e. The predicted octanol–water partition coefficient (Wildman–Crippen LogP) is 4.48. The van der Waals surface area contributed by atoms with Crippen LogP contribution >= 0.6 is 23.4 Å². The third-order valence-corrected chi connectivity index (χ3v) is 6.95. The number of carbonyl (C=O) groups is 2. The van der Waals surface area contributed by atoms with Crippen molar-refractivity contribution in [3.8, 4) is 11.6 Å². The summed E-state index contributed by atoms with van der Waals surface area (Å²) in [5.74, 6) is 0.220. The normalized spacial score (nSPS) is 13.4. The van der Waals surface area contributed by atoms with Crippen LogP contribution in [0, 0.1) is 0 Å². The first-order valence-electron chi connectivity index (χ1n) is 11.6. The van der Waals surface area contributed by atoms with Crippen molar-refractivity contribution in [2.45, 2.75) is 5.22 Å². The van der Waals surface area contributed by atoms with Crippen molar-refractivity contribution < 1.29 is 14.0 Å². The van der Waals surface area contributed by atoms with Gasteiger partial charge in [0.1, 0.15) is 5.69 Å². The summed E-state index contributed by atoms with van der Waals surface area (Å²) in [4.78, 5) is 33.4. The Kier molecular flexibility index (Phi) is 7.67. The molecular formula is C26H23ClN6O3S. The fraction of sp³-hybridized carbons (Fsp3) is 0.192. The SMILES string of the molecule is O=C(CSc1nnc(-c2ccccn2)o1)Nc1ccc(N2CCN(C(=O)c3ccccc3Cl)CC2)cc1. The topological polar surface area (TPSA) is 104 Å². The highest BCUT2D eigenvalue weighted by molar-refractivity contribution is 7.99. The molecule has 1 N–H and O–H groups in total. The Hall–Kier alpha value is -3.89. The summed E-state index contributed by atoms with van der Waals surface area (Å²) in [6.07, 6.45) is 1.65. The lowest BCUT2D eigenvalue weighted by Crippen LogP contribution is -2.48. The number of amides is 2. The molecule has 0 spiro atoms. The van der Waals surface area contributed by atoms with E-state index in [9.17, 15) is 9.59 Å². The summed E-state index contributed by atoms with van der Waals surface area (Å²) in [5.41, 5.74) is 2.84. The molecular weight excluding hydrogens is 512 g/mol. The molecule has 0 bridgehead atoms. The molecule has 3 heterocycles. The van der Waals surface area contributed by atoms with Gasteiger partial charge in [-0.15, -0.1) is 10.2 Å². The molecule has 1 saturated heterocycles. The maximum absolute atomic E-state index is 12.8. The van der Waals surface area contributed by atoms with E-state index in [2.05, 4.69) is 25.4 Å². The second kappa shape index (κ2) is 11.4. The molecule has 0 saturated carbocycles. The van der Waals surface area contributed by atoms with Crippen LogP contribution in [-0.2, 0) is 4.79 Å². The zero-order valence-electron chi connectivity index (χ0n) is 19.7. The van der Waals surface area contributed by atoms with Crippen molar-refractivity contribution in [2.75, 3.05) is 42.1 Å². The lowest BCUT2D eigenvalue weighted by molar-refractivity contribution is -0.113. The minimum atomic E-state index is -0.179. The van der Waals surface area contributed by atoms with Crippen LogP contribution in [0.4, 0.5) is 11.4 Å². The number of hydrogen-bond donors (Lipinski definition) is 1. The summed E-state index contributed by atoms with van der Waals surface area (Å²) in [7, 11) is 0. The minimum Gasteiger partial charge on any atom is -0.410 e. The third-order valence-electron chi connectivity index (χ3n) is 5.80. The van der Waals surface area contributed by atoms with Crippen LogP contribution in [0.5, 0.6) is 0 Å². The van der Waals surface area contributed by atoms with Crippen LogP contribution in [0.25, 0.3) is 11.6 Å². The first-order valence-corrected chi connectivity index (χ1v) is 13.0. The van der Waals surface area contributed by atoms with Crippen molar-refractivity contribution >= 4 is 46.6 Å². The van der Waals surface area contributed by atoms with Crippen molar-refractivity contribution in [1.29, 1.82) is 0 Å². The molecule has 1 aliphatic heterocycles. The summed E-state index contributed by atoms with van der Waals surface area (Å²) in [6.45, 7) is 2.64. The van der Waals surface area contributed by atoms with E-state index in [1.165, 1.54) is 0 Å². The van der Waals surface area contributed by atoms with E-state index in [-0.39, 0.29) is 17.6 Å². The number of carbonyl (C=O) groups excluding carboxylic acids is 2. The van der Waals surface area contributed by atoms with Gasteiger partial charge in [-0.05, 0) is 48.5 Å². The van der Waals surface area contributed by atoms with Crippen molar-refractivity contribution in [2.24, 2.45) is 0 Å². The number of hydrogen-bond acceptors (Lipinski definition) is 8. The summed E-state index contributed by atoms with van der Waals surface area (Å²) >= 11 is 7.35. The van der Waals surface area contributed by atoms with Crippen LogP contribution in [0.1, 0.15) is 10.4 Å². The highest BCUT2D eigenvalue weighted by atomic mass is 35.5. The number of pyridine rings is 1. The molecule has 2 aromatic carbocycles. The largest absolute Gasteiger partial charge is 0.410 e. The summed E-state index contributed by atoms with van der Waals surface area (Å²) in [6, 6.07) is 20.2. The average Bonchev–Trinajstić information content (AvgIpc) is 3.42. The van der Waals surface area contributed by atoms with Gasteiger partial charge in [-0.2, -0.15) is 0 Å². The Morgan fingerprint density at radius 3 is 2.43 bits per heavy atom. The van der Waals surface area contributed by atoms with E-state index < -0.39 is 0 Å². The van der Waals surface area contributed by atoms with Gasteiger partial charge in [0.2, 0.25) is 5.91 Å². The number of nitrogens with zero attached hydrogens (tertiary/aromatic N) is 5. The number of benzene rings is 2. The number of aromatic nitrogens is 3. The quantitative estimate of drug-likeness (QED) is 0.346. The van der Waals surface area contributed by atoms with Gasteiger partial charge in [-0.25, -0.2) is 0 Å². The zero-order valence-corrected chi connectivity index (χ0v) is 21.3. The molecule has 2 aromatic heterocycles. The van der Waals surface area contributed by atoms with E-state index in [1.807, 2.05) is 47.4 Å². The molecule has 0 radical (unpaired) electrons. The number of rotatable bonds is 7. The van der Waals surface area contributed by atoms with Crippen LogP contribution < -0.4 is 10.2 Å². The first-order chi connectivity index (χ1) is 18.1. The summed E-state index contributed by atoms with van der Waals surface area (Å²) < 4.78 is 5.57. The number of thioether (sulfide) groups is 1. The highest BCUT2D eigenvalue weighted by Crippen LogP contribution is 2.24. The lowest BCUT2D eigenvalue weighted by Gasteiger charge is -2.36. The van der Waals surface area contributed by atoms with Crippen LogP contribution in [-0.4, -0.2) is 63.8 Å². The predicted molar refractivity (Wildman–Crippen MR) is 143 cm³/mol. The Labute approximate surface area is 222 Å². The van der Waals surface area contributed by atoms with Gasteiger partial charge < -0.3 is 19.5 Å². The zero-order chi connectivity index (χ0) is 25.6. The second-order valence-corrected chi connectivity index (χ2v) is 9.56. The Balaban J connectivity index is 1.09. The highest BCUT2D eigenvalue weighted by Gasteiger charge is 2.23. The molecule has 11 heteroatoms. The van der Waals surface area contributed by atoms with Gasteiger partial charge in [0.25, 0.3) is 17.0 Å². The molecule has 4 aromatic rings. The monoisotopic (exact) mass is 534 g/mol. The standard InChI is InChI=1S/C26H23ClN6O3S/c27-21-6-2-1-5-20(21)25(35)33-15-13-32(14-16-33)19-10-8-18(9-11-19)29-23(34)17-37-26-31-30-24(36-26)22-7-3-4-12-28-22/h1-12H,13-17H2,(H,29,34). The van der Waals surface area contributed by atoms with Crippen LogP contribution in [0.2, 0.25) is 5.02 Å².